The number of rotatable bonds is 4. The number of anilines is 1. The molecule has 2 N–H and O–H groups in total. The first-order chi connectivity index (χ1) is 6.27. The van der Waals surface area contributed by atoms with Crippen LogP contribution in [0, 0.1) is 6.57 Å². The Labute approximate surface area is 76.9 Å². The third-order valence-corrected chi connectivity index (χ3v) is 1.56. The molecule has 1 aromatic rings. The highest BCUT2D eigenvalue weighted by Crippen LogP contribution is 2.18. The van der Waals surface area contributed by atoms with E-state index in [2.05, 4.69) is 9.94 Å². The molecule has 0 aliphatic carbocycles. The summed E-state index contributed by atoms with van der Waals surface area (Å²) in [5.41, 5.74) is 5.87. The Balaban J connectivity index is 2.54. The highest BCUT2D eigenvalue weighted by atomic mass is 16.5. The summed E-state index contributed by atoms with van der Waals surface area (Å²) in [6, 6.07) is 0. The van der Waals surface area contributed by atoms with Gasteiger partial charge in [-0.15, -0.1) is 0 Å². The van der Waals surface area contributed by atoms with Gasteiger partial charge in [-0.1, -0.05) is 0 Å². The molecule has 0 radical (unpaired) electrons. The summed E-state index contributed by atoms with van der Waals surface area (Å²) in [5.74, 6) is 0.284. The summed E-state index contributed by atoms with van der Waals surface area (Å²) in [5, 5.41) is 3.95. The third kappa shape index (κ3) is 2.46. The minimum atomic E-state index is 0.284. The van der Waals surface area contributed by atoms with Crippen LogP contribution < -0.4 is 5.73 Å². The first kappa shape index (κ1) is 9.55. The van der Waals surface area contributed by atoms with Gasteiger partial charge < -0.3 is 10.5 Å². The van der Waals surface area contributed by atoms with Gasteiger partial charge in [0.05, 0.1) is 19.7 Å². The number of nitrogen functional groups attached to an aromatic ring is 1. The maximum absolute atomic E-state index is 6.77. The fourth-order valence-corrected chi connectivity index (χ4v) is 0.929. The van der Waals surface area contributed by atoms with Crippen LogP contribution in [0.25, 0.3) is 4.85 Å². The molecule has 0 saturated heterocycles. The van der Waals surface area contributed by atoms with E-state index in [1.54, 1.807) is 10.9 Å². The molecule has 0 fully saturated rings. The van der Waals surface area contributed by atoms with Crippen molar-refractivity contribution in [1.29, 1.82) is 0 Å². The van der Waals surface area contributed by atoms with Crippen LogP contribution in [0.5, 0.6) is 0 Å². The van der Waals surface area contributed by atoms with E-state index in [9.17, 15) is 0 Å². The Bertz CT molecular complexity index is 312. The standard InChI is InChI=1S/C8H12N4O/c1-3-13-5-4-12-6-7(10-2)8(9)11-12/h6H,3-5H2,1H3,(H2,9,11). The molecule has 70 valence electrons. The number of ether oxygens (including phenoxy) is 1. The van der Waals surface area contributed by atoms with Crippen LogP contribution in [0.2, 0.25) is 0 Å². The topological polar surface area (TPSA) is 57.4 Å². The predicted molar refractivity (Wildman–Crippen MR) is 49.4 cm³/mol. The molecule has 13 heavy (non-hydrogen) atoms. The van der Waals surface area contributed by atoms with Crippen LogP contribution in [0.15, 0.2) is 6.20 Å². The monoisotopic (exact) mass is 180 g/mol. The molecule has 0 unspecified atom stereocenters. The lowest BCUT2D eigenvalue weighted by Crippen LogP contribution is -2.06. The lowest BCUT2D eigenvalue weighted by molar-refractivity contribution is 0.136. The van der Waals surface area contributed by atoms with E-state index in [1.165, 1.54) is 0 Å². The predicted octanol–water partition coefficient (Wildman–Crippen LogP) is 1.05. The van der Waals surface area contributed by atoms with Gasteiger partial charge >= 0.3 is 0 Å². The Hall–Kier alpha value is -1.54. The fourth-order valence-electron chi connectivity index (χ4n) is 0.929. The van der Waals surface area contributed by atoms with E-state index in [1.807, 2.05) is 6.92 Å². The van der Waals surface area contributed by atoms with Crippen molar-refractivity contribution in [3.63, 3.8) is 0 Å². The van der Waals surface area contributed by atoms with Gasteiger partial charge in [0, 0.05) is 12.8 Å². The van der Waals surface area contributed by atoms with E-state index >= 15 is 0 Å². The van der Waals surface area contributed by atoms with Crippen molar-refractivity contribution < 1.29 is 4.74 Å². The Morgan fingerprint density at radius 1 is 1.77 bits per heavy atom. The molecule has 0 bridgehead atoms. The van der Waals surface area contributed by atoms with Crippen LogP contribution in [-0.2, 0) is 11.3 Å². The van der Waals surface area contributed by atoms with Crippen molar-refractivity contribution in [3.05, 3.63) is 17.6 Å². The van der Waals surface area contributed by atoms with Crippen molar-refractivity contribution in [3.8, 4) is 0 Å². The maximum Gasteiger partial charge on any atom is 0.247 e. The average molecular weight is 180 g/mol. The summed E-state index contributed by atoms with van der Waals surface area (Å²) in [4.78, 5) is 3.22. The van der Waals surface area contributed by atoms with E-state index in [0.29, 0.717) is 25.4 Å². The molecule has 0 aliphatic rings. The molecule has 0 spiro atoms. The molecule has 5 nitrogen and oxygen atoms in total. The van der Waals surface area contributed by atoms with Crippen LogP contribution in [-0.4, -0.2) is 23.0 Å². The van der Waals surface area contributed by atoms with Crippen LogP contribution in [0.3, 0.4) is 0 Å². The van der Waals surface area contributed by atoms with Gasteiger partial charge in [0.1, 0.15) is 0 Å². The van der Waals surface area contributed by atoms with Crippen molar-refractivity contribution >= 4 is 11.5 Å². The quantitative estimate of drug-likeness (QED) is 0.556. The van der Waals surface area contributed by atoms with E-state index in [0.717, 1.165) is 0 Å². The minimum absolute atomic E-state index is 0.284. The first-order valence-corrected chi connectivity index (χ1v) is 4.06. The number of nitrogens with two attached hydrogens (primary N) is 1. The van der Waals surface area contributed by atoms with Gasteiger partial charge in [-0.25, -0.2) is 4.85 Å². The zero-order chi connectivity index (χ0) is 9.68. The Kier molecular flexibility index (Phi) is 3.29. The van der Waals surface area contributed by atoms with Crippen molar-refractivity contribution in [2.24, 2.45) is 0 Å². The molecular formula is C8H12N4O. The molecule has 0 aromatic carbocycles. The van der Waals surface area contributed by atoms with Gasteiger partial charge in [0.2, 0.25) is 5.69 Å². The molecule has 0 amide bonds. The summed E-state index contributed by atoms with van der Waals surface area (Å²) in [6.07, 6.45) is 1.63. The minimum Gasteiger partial charge on any atom is -0.391 e. The zero-order valence-corrected chi connectivity index (χ0v) is 7.53. The number of hydrogen-bond donors (Lipinski definition) is 1. The van der Waals surface area contributed by atoms with E-state index in [-0.39, 0.29) is 5.82 Å². The van der Waals surface area contributed by atoms with Crippen molar-refractivity contribution in [2.45, 2.75) is 13.5 Å². The second-order valence-electron chi connectivity index (χ2n) is 2.47. The molecule has 0 aliphatic heterocycles. The van der Waals surface area contributed by atoms with Gasteiger partial charge in [0.15, 0.2) is 5.82 Å². The highest BCUT2D eigenvalue weighted by molar-refractivity contribution is 5.61. The SMILES string of the molecule is [C-]#[N+]c1cn(CCOCC)nc1N. The molecule has 0 atom stereocenters. The molecular weight excluding hydrogens is 168 g/mol. The van der Waals surface area contributed by atoms with Crippen LogP contribution >= 0.6 is 0 Å². The second-order valence-corrected chi connectivity index (χ2v) is 2.47. The first-order valence-electron chi connectivity index (χ1n) is 4.06. The van der Waals surface area contributed by atoms with Crippen LogP contribution in [0.4, 0.5) is 11.5 Å². The summed E-state index contributed by atoms with van der Waals surface area (Å²) >= 11 is 0. The fraction of sp³-hybridized carbons (Fsp3) is 0.500. The Morgan fingerprint density at radius 3 is 3.08 bits per heavy atom. The molecule has 1 rings (SSSR count). The summed E-state index contributed by atoms with van der Waals surface area (Å²) in [6.45, 7) is 10.6. The summed E-state index contributed by atoms with van der Waals surface area (Å²) in [7, 11) is 0. The van der Waals surface area contributed by atoms with Crippen molar-refractivity contribution in [1.82, 2.24) is 9.78 Å². The molecule has 0 saturated carbocycles. The van der Waals surface area contributed by atoms with E-state index < -0.39 is 0 Å². The molecule has 5 heteroatoms. The maximum atomic E-state index is 6.77. The Morgan fingerprint density at radius 2 is 2.54 bits per heavy atom. The normalized spacial score (nSPS) is 9.85. The lowest BCUT2D eigenvalue weighted by atomic mass is 10.5. The third-order valence-electron chi connectivity index (χ3n) is 1.56. The molecule has 1 heterocycles. The van der Waals surface area contributed by atoms with Gasteiger partial charge in [-0.2, -0.15) is 5.10 Å². The molecule has 1 aromatic heterocycles. The van der Waals surface area contributed by atoms with E-state index in [4.69, 9.17) is 17.0 Å². The number of nitrogens with zero attached hydrogens (tertiary/aromatic N) is 3. The van der Waals surface area contributed by atoms with Crippen molar-refractivity contribution in [2.75, 3.05) is 18.9 Å². The average Bonchev–Trinajstić information content (AvgIpc) is 2.47. The van der Waals surface area contributed by atoms with Crippen LogP contribution in [0.1, 0.15) is 6.92 Å². The van der Waals surface area contributed by atoms with Gasteiger partial charge in [-0.05, 0) is 6.92 Å². The second kappa shape index (κ2) is 4.48. The highest BCUT2D eigenvalue weighted by Gasteiger charge is 2.03. The van der Waals surface area contributed by atoms with Gasteiger partial charge in [-0.3, -0.25) is 4.68 Å². The largest absolute Gasteiger partial charge is 0.391 e. The number of hydrogen-bond acceptors (Lipinski definition) is 3. The van der Waals surface area contributed by atoms with Gasteiger partial charge in [0.25, 0.3) is 0 Å². The summed E-state index contributed by atoms with van der Waals surface area (Å²) < 4.78 is 6.76. The zero-order valence-electron chi connectivity index (χ0n) is 7.53. The number of aromatic nitrogens is 2. The lowest BCUT2D eigenvalue weighted by Gasteiger charge is -2.00. The smallest absolute Gasteiger partial charge is 0.247 e.